The largest absolute Gasteiger partial charge is 0.493 e. The molecule has 6 nitrogen and oxygen atoms in total. The standard InChI is InChI=1S/C14H12BrNO5/c1-19-10-4-3-5-11(20-2)12(10)21-13-9(14(17)18)6-8(15)7-16-13/h3-7H,1-2H3,(H,17,18). The predicted octanol–water partition coefficient (Wildman–Crippen LogP) is 3.35. The normalized spacial score (nSPS) is 10.0. The van der Waals surface area contributed by atoms with Crippen LogP contribution in [0.5, 0.6) is 23.1 Å². The van der Waals surface area contributed by atoms with Gasteiger partial charge >= 0.3 is 5.97 Å². The summed E-state index contributed by atoms with van der Waals surface area (Å²) >= 11 is 3.18. The second-order valence-electron chi connectivity index (χ2n) is 3.91. The molecule has 0 aliphatic carbocycles. The Morgan fingerprint density at radius 3 is 2.38 bits per heavy atom. The highest BCUT2D eigenvalue weighted by molar-refractivity contribution is 9.10. The van der Waals surface area contributed by atoms with E-state index in [1.54, 1.807) is 18.2 Å². The lowest BCUT2D eigenvalue weighted by Crippen LogP contribution is -2.03. The highest BCUT2D eigenvalue weighted by Crippen LogP contribution is 2.40. The van der Waals surface area contributed by atoms with E-state index in [9.17, 15) is 9.90 Å². The van der Waals surface area contributed by atoms with Gasteiger partial charge in [-0.1, -0.05) is 6.07 Å². The van der Waals surface area contributed by atoms with Gasteiger partial charge in [-0.2, -0.15) is 0 Å². The van der Waals surface area contributed by atoms with E-state index in [2.05, 4.69) is 20.9 Å². The molecule has 2 rings (SSSR count). The van der Waals surface area contributed by atoms with E-state index in [0.717, 1.165) is 0 Å². The van der Waals surface area contributed by atoms with Gasteiger partial charge in [-0.3, -0.25) is 0 Å². The van der Waals surface area contributed by atoms with E-state index in [0.29, 0.717) is 16.0 Å². The molecule has 0 saturated heterocycles. The maximum atomic E-state index is 11.3. The Labute approximate surface area is 129 Å². The van der Waals surface area contributed by atoms with Crippen molar-refractivity contribution in [3.63, 3.8) is 0 Å². The number of aromatic carboxylic acids is 1. The van der Waals surface area contributed by atoms with Crippen molar-refractivity contribution in [2.45, 2.75) is 0 Å². The molecule has 0 bridgehead atoms. The molecule has 0 aliphatic rings. The number of carbonyl (C=O) groups is 1. The molecule has 0 amide bonds. The van der Waals surface area contributed by atoms with Crippen molar-refractivity contribution in [2.24, 2.45) is 0 Å². The number of nitrogens with zero attached hydrogens (tertiary/aromatic N) is 1. The zero-order valence-corrected chi connectivity index (χ0v) is 12.9. The first kappa shape index (κ1) is 15.1. The van der Waals surface area contributed by atoms with Crippen LogP contribution in [-0.4, -0.2) is 30.3 Å². The Morgan fingerprint density at radius 1 is 1.24 bits per heavy atom. The van der Waals surface area contributed by atoms with Crippen molar-refractivity contribution in [2.75, 3.05) is 14.2 Å². The fraction of sp³-hybridized carbons (Fsp3) is 0.143. The molecule has 2 aromatic rings. The molecule has 1 aromatic carbocycles. The topological polar surface area (TPSA) is 77.9 Å². The number of hydrogen-bond acceptors (Lipinski definition) is 5. The minimum atomic E-state index is -1.15. The van der Waals surface area contributed by atoms with Crippen LogP contribution in [0.2, 0.25) is 0 Å². The molecule has 1 N–H and O–H groups in total. The summed E-state index contributed by atoms with van der Waals surface area (Å²) in [5, 5.41) is 9.22. The van der Waals surface area contributed by atoms with Crippen LogP contribution < -0.4 is 14.2 Å². The Balaban J connectivity index is 2.50. The van der Waals surface area contributed by atoms with Crippen LogP contribution >= 0.6 is 15.9 Å². The number of rotatable bonds is 5. The zero-order chi connectivity index (χ0) is 15.4. The van der Waals surface area contributed by atoms with E-state index in [-0.39, 0.29) is 17.2 Å². The number of para-hydroxylation sites is 1. The van der Waals surface area contributed by atoms with E-state index in [1.165, 1.54) is 26.5 Å². The molecule has 1 aromatic heterocycles. The molecule has 0 saturated carbocycles. The van der Waals surface area contributed by atoms with Gasteiger partial charge in [0.05, 0.1) is 14.2 Å². The Kier molecular flexibility index (Phi) is 4.64. The average molecular weight is 354 g/mol. The Hall–Kier alpha value is -2.28. The van der Waals surface area contributed by atoms with Crippen molar-refractivity contribution < 1.29 is 24.1 Å². The lowest BCUT2D eigenvalue weighted by Gasteiger charge is -2.14. The summed E-state index contributed by atoms with van der Waals surface area (Å²) in [6, 6.07) is 6.50. The molecule has 0 spiro atoms. The van der Waals surface area contributed by atoms with Crippen molar-refractivity contribution in [1.82, 2.24) is 4.98 Å². The number of carboxylic acid groups (broad SMARTS) is 1. The molecule has 7 heteroatoms. The number of halogens is 1. The van der Waals surface area contributed by atoms with Gasteiger partial charge in [-0.15, -0.1) is 0 Å². The summed E-state index contributed by atoms with van der Waals surface area (Å²) in [6.07, 6.45) is 1.45. The smallest absolute Gasteiger partial charge is 0.341 e. The van der Waals surface area contributed by atoms with Crippen LogP contribution in [0.1, 0.15) is 10.4 Å². The quantitative estimate of drug-likeness (QED) is 0.887. The number of carboxylic acids is 1. The average Bonchev–Trinajstić information content (AvgIpc) is 2.48. The van der Waals surface area contributed by atoms with Crippen molar-refractivity contribution in [3.8, 4) is 23.1 Å². The van der Waals surface area contributed by atoms with Gasteiger partial charge in [0.25, 0.3) is 0 Å². The third kappa shape index (κ3) is 3.25. The van der Waals surface area contributed by atoms with Crippen molar-refractivity contribution in [1.29, 1.82) is 0 Å². The third-order valence-corrected chi connectivity index (χ3v) is 3.06. The summed E-state index contributed by atoms with van der Waals surface area (Å²) in [5.41, 5.74) is -0.0719. The summed E-state index contributed by atoms with van der Waals surface area (Å²) in [7, 11) is 2.96. The van der Waals surface area contributed by atoms with Gasteiger partial charge in [0, 0.05) is 10.7 Å². The Morgan fingerprint density at radius 2 is 1.86 bits per heavy atom. The van der Waals surface area contributed by atoms with Crippen LogP contribution in [0.25, 0.3) is 0 Å². The molecular formula is C14H12BrNO5. The number of pyridine rings is 1. The van der Waals surface area contributed by atoms with Gasteiger partial charge in [0.2, 0.25) is 11.6 Å². The number of ether oxygens (including phenoxy) is 3. The first-order valence-electron chi connectivity index (χ1n) is 5.84. The first-order valence-corrected chi connectivity index (χ1v) is 6.63. The number of benzene rings is 1. The third-order valence-electron chi connectivity index (χ3n) is 2.63. The van der Waals surface area contributed by atoms with Crippen LogP contribution in [-0.2, 0) is 0 Å². The van der Waals surface area contributed by atoms with Crippen LogP contribution in [0.3, 0.4) is 0 Å². The van der Waals surface area contributed by atoms with E-state index < -0.39 is 5.97 Å². The molecule has 0 unspecified atom stereocenters. The van der Waals surface area contributed by atoms with Gasteiger partial charge in [-0.25, -0.2) is 9.78 Å². The van der Waals surface area contributed by atoms with Gasteiger partial charge < -0.3 is 19.3 Å². The minimum Gasteiger partial charge on any atom is -0.493 e. The summed E-state index contributed by atoms with van der Waals surface area (Å²) in [4.78, 5) is 15.3. The van der Waals surface area contributed by atoms with E-state index in [1.807, 2.05) is 0 Å². The monoisotopic (exact) mass is 353 g/mol. The predicted molar refractivity (Wildman–Crippen MR) is 78.5 cm³/mol. The van der Waals surface area contributed by atoms with E-state index >= 15 is 0 Å². The molecule has 0 aliphatic heterocycles. The number of aromatic nitrogens is 1. The van der Waals surface area contributed by atoms with Gasteiger partial charge in [-0.05, 0) is 34.1 Å². The van der Waals surface area contributed by atoms with Crippen molar-refractivity contribution in [3.05, 3.63) is 40.5 Å². The highest BCUT2D eigenvalue weighted by Gasteiger charge is 2.19. The van der Waals surface area contributed by atoms with Gasteiger partial charge in [0.1, 0.15) is 5.56 Å². The molecule has 0 radical (unpaired) electrons. The summed E-state index contributed by atoms with van der Waals surface area (Å²) < 4.78 is 16.5. The zero-order valence-electron chi connectivity index (χ0n) is 11.3. The maximum absolute atomic E-state index is 11.3. The fourth-order valence-electron chi connectivity index (χ4n) is 1.68. The van der Waals surface area contributed by atoms with Gasteiger partial charge in [0.15, 0.2) is 11.5 Å². The molecule has 0 fully saturated rings. The Bertz CT molecular complexity index is 652. The lowest BCUT2D eigenvalue weighted by atomic mass is 10.2. The second-order valence-corrected chi connectivity index (χ2v) is 4.82. The second kappa shape index (κ2) is 6.45. The minimum absolute atomic E-state index is 0.0477. The fourth-order valence-corrected chi connectivity index (χ4v) is 2.01. The maximum Gasteiger partial charge on any atom is 0.341 e. The molecular weight excluding hydrogens is 342 g/mol. The molecule has 0 atom stereocenters. The lowest BCUT2D eigenvalue weighted by molar-refractivity contribution is 0.0693. The summed E-state index contributed by atoms with van der Waals surface area (Å²) in [5.74, 6) is -0.105. The van der Waals surface area contributed by atoms with Crippen LogP contribution in [0.4, 0.5) is 0 Å². The number of methoxy groups -OCH3 is 2. The molecule has 110 valence electrons. The number of hydrogen-bond donors (Lipinski definition) is 1. The van der Waals surface area contributed by atoms with Crippen LogP contribution in [0.15, 0.2) is 34.9 Å². The first-order chi connectivity index (χ1) is 10.1. The SMILES string of the molecule is COc1cccc(OC)c1Oc1ncc(Br)cc1C(=O)O. The van der Waals surface area contributed by atoms with Crippen LogP contribution in [0, 0.1) is 0 Å². The highest BCUT2D eigenvalue weighted by atomic mass is 79.9. The van der Waals surface area contributed by atoms with Crippen molar-refractivity contribution >= 4 is 21.9 Å². The summed E-state index contributed by atoms with van der Waals surface area (Å²) in [6.45, 7) is 0. The molecule has 1 heterocycles. The molecule has 21 heavy (non-hydrogen) atoms. The van der Waals surface area contributed by atoms with E-state index in [4.69, 9.17) is 14.2 Å².